The van der Waals surface area contributed by atoms with Gasteiger partial charge >= 0.3 is 5.97 Å². The van der Waals surface area contributed by atoms with Crippen molar-refractivity contribution >= 4 is 33.3 Å². The molecule has 0 radical (unpaired) electrons. The third-order valence-corrected chi connectivity index (χ3v) is 6.38. The molecule has 0 saturated carbocycles. The number of methoxy groups -OCH3 is 1. The van der Waals surface area contributed by atoms with Crippen molar-refractivity contribution in [3.63, 3.8) is 0 Å². The highest BCUT2D eigenvalue weighted by Gasteiger charge is 2.32. The number of nitrogens with one attached hydrogen (secondary N) is 2. The van der Waals surface area contributed by atoms with Crippen molar-refractivity contribution in [3.05, 3.63) is 83.7 Å². The van der Waals surface area contributed by atoms with Gasteiger partial charge in [-0.1, -0.05) is 18.2 Å². The van der Waals surface area contributed by atoms with E-state index in [4.69, 9.17) is 9.47 Å². The van der Waals surface area contributed by atoms with Crippen molar-refractivity contribution < 1.29 is 31.9 Å². The third-order valence-electron chi connectivity index (χ3n) is 5.00. The summed E-state index contributed by atoms with van der Waals surface area (Å²) >= 11 is 0. The summed E-state index contributed by atoms with van der Waals surface area (Å²) in [5, 5.41) is 2.67. The molecule has 10 heteroatoms. The Balaban J connectivity index is 1.50. The molecule has 2 N–H and O–H groups in total. The van der Waals surface area contributed by atoms with Crippen molar-refractivity contribution in [1.82, 2.24) is 0 Å². The Bertz CT molecular complexity index is 1330. The maximum atomic E-state index is 13.1. The summed E-state index contributed by atoms with van der Waals surface area (Å²) in [7, 11) is -2.66. The monoisotopic (exact) mass is 470 g/mol. The largest absolute Gasteiger partial charge is 0.495 e. The van der Waals surface area contributed by atoms with Crippen molar-refractivity contribution in [3.8, 4) is 5.75 Å². The zero-order valence-corrected chi connectivity index (χ0v) is 18.2. The lowest BCUT2D eigenvalue weighted by molar-refractivity contribution is -0.118. The maximum Gasteiger partial charge on any atom is 0.339 e. The van der Waals surface area contributed by atoms with Gasteiger partial charge in [0.2, 0.25) is 5.91 Å². The van der Waals surface area contributed by atoms with Crippen LogP contribution in [-0.2, 0) is 19.6 Å². The molecule has 4 rings (SSSR count). The van der Waals surface area contributed by atoms with E-state index in [1.165, 1.54) is 19.2 Å². The normalized spacial score (nSPS) is 14.8. The Hall–Kier alpha value is -3.92. The van der Waals surface area contributed by atoms with Gasteiger partial charge in [0.15, 0.2) is 0 Å². The molecule has 0 bridgehead atoms. The van der Waals surface area contributed by atoms with Crippen LogP contribution in [0.3, 0.4) is 0 Å². The fourth-order valence-electron chi connectivity index (χ4n) is 3.43. The summed E-state index contributed by atoms with van der Waals surface area (Å²) in [5.41, 5.74) is 1.45. The number of cyclic esters (lactones) is 1. The molecule has 8 nitrogen and oxygen atoms in total. The summed E-state index contributed by atoms with van der Waals surface area (Å²) in [4.78, 5) is 24.4. The number of halogens is 1. The minimum atomic E-state index is -4.03. The molecule has 3 aromatic rings. The summed E-state index contributed by atoms with van der Waals surface area (Å²) in [5.74, 6) is -1.25. The van der Waals surface area contributed by atoms with E-state index >= 15 is 0 Å². The summed E-state index contributed by atoms with van der Waals surface area (Å²) in [6.07, 6.45) is -0.811. The predicted octanol–water partition coefficient (Wildman–Crippen LogP) is 3.88. The standard InChI is InChI=1S/C23H19FN2O6S/c1-31-20-11-8-15(12-19(20)26-33(29,30)16-9-6-14(24)7-10-16)25-22(27)13-21-17-4-2-3-5-18(17)23(28)32-21/h2-12,21,26H,13H2,1H3,(H,25,27)/t21-/m0/s1. The lowest BCUT2D eigenvalue weighted by Gasteiger charge is -2.15. The number of rotatable bonds is 7. The first-order valence-corrected chi connectivity index (χ1v) is 11.3. The molecule has 1 aliphatic rings. The molecule has 33 heavy (non-hydrogen) atoms. The fourth-order valence-corrected chi connectivity index (χ4v) is 4.50. The highest BCUT2D eigenvalue weighted by molar-refractivity contribution is 7.92. The second-order valence-electron chi connectivity index (χ2n) is 7.21. The topological polar surface area (TPSA) is 111 Å². The number of carbonyl (C=O) groups excluding carboxylic acids is 2. The van der Waals surface area contributed by atoms with Crippen LogP contribution in [0.4, 0.5) is 15.8 Å². The van der Waals surface area contributed by atoms with E-state index in [9.17, 15) is 22.4 Å². The fraction of sp³-hybridized carbons (Fsp3) is 0.130. The molecular weight excluding hydrogens is 451 g/mol. The first kappa shape index (κ1) is 22.3. The third kappa shape index (κ3) is 4.80. The van der Waals surface area contributed by atoms with Crippen LogP contribution < -0.4 is 14.8 Å². The molecular formula is C23H19FN2O6S. The first-order chi connectivity index (χ1) is 15.8. The van der Waals surface area contributed by atoms with E-state index in [0.29, 0.717) is 16.8 Å². The molecule has 0 aromatic heterocycles. The van der Waals surface area contributed by atoms with E-state index in [2.05, 4.69) is 10.0 Å². The van der Waals surface area contributed by atoms with Gasteiger partial charge in [0.05, 0.1) is 29.7 Å². The minimum Gasteiger partial charge on any atom is -0.495 e. The molecule has 170 valence electrons. The Morgan fingerprint density at radius 2 is 1.82 bits per heavy atom. The van der Waals surface area contributed by atoms with E-state index < -0.39 is 33.8 Å². The van der Waals surface area contributed by atoms with Crippen molar-refractivity contribution in [2.75, 3.05) is 17.1 Å². The molecule has 1 amide bonds. The van der Waals surface area contributed by atoms with Gasteiger partial charge in [0.25, 0.3) is 10.0 Å². The van der Waals surface area contributed by atoms with Crippen LogP contribution in [0.15, 0.2) is 71.6 Å². The van der Waals surface area contributed by atoms with E-state index in [0.717, 1.165) is 24.3 Å². The lowest BCUT2D eigenvalue weighted by atomic mass is 10.0. The average molecular weight is 470 g/mol. The number of ether oxygens (including phenoxy) is 2. The number of anilines is 2. The number of carbonyl (C=O) groups is 2. The van der Waals surface area contributed by atoms with Crippen LogP contribution in [0.5, 0.6) is 5.75 Å². The highest BCUT2D eigenvalue weighted by Crippen LogP contribution is 2.34. The predicted molar refractivity (Wildman–Crippen MR) is 118 cm³/mol. The Morgan fingerprint density at radius 1 is 1.09 bits per heavy atom. The van der Waals surface area contributed by atoms with E-state index in [1.54, 1.807) is 30.3 Å². The number of hydrogen-bond acceptors (Lipinski definition) is 6. The van der Waals surface area contributed by atoms with Crippen molar-refractivity contribution in [1.29, 1.82) is 0 Å². The SMILES string of the molecule is COc1ccc(NC(=O)C[C@@H]2OC(=O)c3ccccc32)cc1NS(=O)(=O)c1ccc(F)cc1. The lowest BCUT2D eigenvalue weighted by Crippen LogP contribution is -2.17. The maximum absolute atomic E-state index is 13.1. The smallest absolute Gasteiger partial charge is 0.339 e. The number of fused-ring (bicyclic) bond motifs is 1. The molecule has 0 unspecified atom stereocenters. The van der Waals surface area contributed by atoms with Gasteiger partial charge in [0, 0.05) is 11.3 Å². The number of sulfonamides is 1. The van der Waals surface area contributed by atoms with Gasteiger partial charge in [-0.15, -0.1) is 0 Å². The molecule has 3 aromatic carbocycles. The Kier molecular flexibility index (Phi) is 6.01. The Labute approximate surface area is 189 Å². The second-order valence-corrected chi connectivity index (χ2v) is 8.89. The molecule has 0 fully saturated rings. The summed E-state index contributed by atoms with van der Waals surface area (Å²) < 4.78 is 51.4. The van der Waals surface area contributed by atoms with Crippen LogP contribution in [-0.4, -0.2) is 27.4 Å². The van der Waals surface area contributed by atoms with Gasteiger partial charge in [-0.2, -0.15) is 0 Å². The van der Waals surface area contributed by atoms with E-state index in [1.807, 2.05) is 0 Å². The van der Waals surface area contributed by atoms with Gasteiger partial charge in [-0.05, 0) is 48.5 Å². The number of hydrogen-bond donors (Lipinski definition) is 2. The molecule has 0 aliphatic carbocycles. The Morgan fingerprint density at radius 3 is 2.55 bits per heavy atom. The highest BCUT2D eigenvalue weighted by atomic mass is 32.2. The summed E-state index contributed by atoms with van der Waals surface area (Å²) in [6, 6.07) is 15.6. The zero-order valence-electron chi connectivity index (χ0n) is 17.4. The van der Waals surface area contributed by atoms with Gasteiger partial charge < -0.3 is 14.8 Å². The molecule has 1 heterocycles. The number of amides is 1. The van der Waals surface area contributed by atoms with Crippen molar-refractivity contribution in [2.45, 2.75) is 17.4 Å². The quantitative estimate of drug-likeness (QED) is 0.507. The first-order valence-electron chi connectivity index (χ1n) is 9.83. The van der Waals surface area contributed by atoms with Crippen LogP contribution >= 0.6 is 0 Å². The van der Waals surface area contributed by atoms with Crippen LogP contribution in [0.1, 0.15) is 28.4 Å². The van der Waals surface area contributed by atoms with Gasteiger partial charge in [0.1, 0.15) is 17.7 Å². The average Bonchev–Trinajstić information content (AvgIpc) is 3.09. The molecule has 1 aliphatic heterocycles. The van der Waals surface area contributed by atoms with E-state index in [-0.39, 0.29) is 22.8 Å². The molecule has 0 spiro atoms. The summed E-state index contributed by atoms with van der Waals surface area (Å²) in [6.45, 7) is 0. The van der Waals surface area contributed by atoms with Crippen molar-refractivity contribution in [2.24, 2.45) is 0 Å². The zero-order chi connectivity index (χ0) is 23.6. The number of benzene rings is 3. The number of esters is 1. The molecule has 0 saturated heterocycles. The van der Waals surface area contributed by atoms with Crippen LogP contribution in [0.25, 0.3) is 0 Å². The van der Waals surface area contributed by atoms with Crippen LogP contribution in [0.2, 0.25) is 0 Å². The minimum absolute atomic E-state index is 0.0808. The van der Waals surface area contributed by atoms with Gasteiger partial charge in [-0.25, -0.2) is 17.6 Å². The second kappa shape index (κ2) is 8.91. The van der Waals surface area contributed by atoms with Gasteiger partial charge in [-0.3, -0.25) is 9.52 Å². The molecule has 1 atom stereocenters. The van der Waals surface area contributed by atoms with Crippen LogP contribution in [0, 0.1) is 5.82 Å².